The zero-order chi connectivity index (χ0) is 13.1. The molecule has 94 valence electrons. The number of aliphatic hydroxyl groups is 1. The number of aromatic nitrogens is 1. The molecule has 2 N–H and O–H groups in total. The Bertz CT molecular complexity index is 506. The van der Waals surface area contributed by atoms with Crippen molar-refractivity contribution in [1.82, 2.24) is 4.98 Å². The Labute approximate surface area is 106 Å². The van der Waals surface area contributed by atoms with Gasteiger partial charge in [0.25, 0.3) is 0 Å². The van der Waals surface area contributed by atoms with Crippen molar-refractivity contribution >= 4 is 11.6 Å². The minimum Gasteiger partial charge on any atom is -0.511 e. The molecule has 2 rings (SSSR count). The van der Waals surface area contributed by atoms with E-state index in [0.29, 0.717) is 29.9 Å². The lowest BCUT2D eigenvalue weighted by atomic mass is 9.87. The summed E-state index contributed by atoms with van der Waals surface area (Å²) in [4.78, 5) is 16.0. The highest BCUT2D eigenvalue weighted by Gasteiger charge is 2.26. The number of aliphatic hydroxyl groups excluding tert-OH is 1. The van der Waals surface area contributed by atoms with E-state index in [1.807, 2.05) is 13.0 Å². The molecule has 1 aliphatic rings. The van der Waals surface area contributed by atoms with Gasteiger partial charge in [-0.1, -0.05) is 19.6 Å². The van der Waals surface area contributed by atoms with Gasteiger partial charge in [0.1, 0.15) is 11.6 Å². The van der Waals surface area contributed by atoms with Gasteiger partial charge in [-0.05, 0) is 18.1 Å². The first-order valence-electron chi connectivity index (χ1n) is 5.90. The van der Waals surface area contributed by atoms with Crippen LogP contribution in [0.1, 0.15) is 19.8 Å². The molecule has 0 aliphatic heterocycles. The van der Waals surface area contributed by atoms with E-state index in [2.05, 4.69) is 16.9 Å². The Balaban J connectivity index is 2.19. The zero-order valence-electron chi connectivity index (χ0n) is 10.3. The summed E-state index contributed by atoms with van der Waals surface area (Å²) in [5, 5.41) is 12.8. The largest absolute Gasteiger partial charge is 0.511 e. The van der Waals surface area contributed by atoms with Crippen molar-refractivity contribution in [3.63, 3.8) is 0 Å². The molecular formula is C14H16N2O2. The van der Waals surface area contributed by atoms with Crippen molar-refractivity contribution in [1.29, 1.82) is 0 Å². The highest BCUT2D eigenvalue weighted by Crippen LogP contribution is 2.28. The van der Waals surface area contributed by atoms with E-state index < -0.39 is 0 Å². The third-order valence-corrected chi connectivity index (χ3v) is 2.89. The molecule has 0 fully saturated rings. The van der Waals surface area contributed by atoms with Crippen LogP contribution >= 0.6 is 0 Å². The Morgan fingerprint density at radius 3 is 2.89 bits per heavy atom. The smallest absolute Gasteiger partial charge is 0.168 e. The monoisotopic (exact) mass is 244 g/mol. The van der Waals surface area contributed by atoms with Gasteiger partial charge in [0.15, 0.2) is 5.78 Å². The van der Waals surface area contributed by atoms with Crippen LogP contribution in [0.25, 0.3) is 0 Å². The third kappa shape index (κ3) is 2.59. The van der Waals surface area contributed by atoms with E-state index in [1.54, 1.807) is 18.3 Å². The van der Waals surface area contributed by atoms with Gasteiger partial charge in [-0.3, -0.25) is 4.79 Å². The van der Waals surface area contributed by atoms with Crippen LogP contribution in [0.2, 0.25) is 0 Å². The van der Waals surface area contributed by atoms with Gasteiger partial charge >= 0.3 is 0 Å². The Kier molecular flexibility index (Phi) is 3.46. The number of rotatable bonds is 3. The maximum atomic E-state index is 11.9. The van der Waals surface area contributed by atoms with Crippen LogP contribution in [0.5, 0.6) is 0 Å². The number of hydrogen-bond donors (Lipinski definition) is 2. The molecule has 0 amide bonds. The molecule has 1 aromatic heterocycles. The standard InChI is InChI=1S/C14H16N2O2/c1-9-7-11(17)14(12(18)8-9)10(2)16-13-5-3-4-6-15-13/h3-6,9,17H,2,7-8H2,1H3,(H,15,16). The number of nitrogens with one attached hydrogen (secondary N) is 1. The molecule has 1 aromatic rings. The van der Waals surface area contributed by atoms with Crippen LogP contribution in [-0.2, 0) is 4.79 Å². The second-order valence-electron chi connectivity index (χ2n) is 4.58. The van der Waals surface area contributed by atoms with E-state index in [1.165, 1.54) is 0 Å². The van der Waals surface area contributed by atoms with E-state index in [9.17, 15) is 9.90 Å². The normalized spacial score (nSPS) is 19.8. The highest BCUT2D eigenvalue weighted by atomic mass is 16.3. The molecule has 0 saturated carbocycles. The molecule has 18 heavy (non-hydrogen) atoms. The Morgan fingerprint density at radius 2 is 2.28 bits per heavy atom. The van der Waals surface area contributed by atoms with Crippen molar-refractivity contribution in [3.05, 3.63) is 48.0 Å². The summed E-state index contributed by atoms with van der Waals surface area (Å²) in [7, 11) is 0. The van der Waals surface area contributed by atoms with E-state index in [0.717, 1.165) is 0 Å². The van der Waals surface area contributed by atoms with Crippen LogP contribution in [0.15, 0.2) is 48.0 Å². The van der Waals surface area contributed by atoms with Crippen LogP contribution < -0.4 is 5.32 Å². The summed E-state index contributed by atoms with van der Waals surface area (Å²) in [5.74, 6) is 0.838. The van der Waals surface area contributed by atoms with Crippen LogP contribution in [0.4, 0.5) is 5.82 Å². The molecule has 0 spiro atoms. The van der Waals surface area contributed by atoms with Gasteiger partial charge in [0.05, 0.1) is 5.57 Å². The number of carbonyl (C=O) groups excluding carboxylic acids is 1. The average Bonchev–Trinajstić information content (AvgIpc) is 2.28. The van der Waals surface area contributed by atoms with Crippen LogP contribution in [0.3, 0.4) is 0 Å². The molecule has 1 heterocycles. The van der Waals surface area contributed by atoms with Crippen molar-refractivity contribution < 1.29 is 9.90 Å². The van der Waals surface area contributed by atoms with E-state index in [4.69, 9.17) is 0 Å². The summed E-state index contributed by atoms with van der Waals surface area (Å²) in [5.41, 5.74) is 0.710. The summed E-state index contributed by atoms with van der Waals surface area (Å²) in [6.45, 7) is 5.75. The fourth-order valence-corrected chi connectivity index (χ4v) is 2.08. The summed E-state index contributed by atoms with van der Waals surface area (Å²) < 4.78 is 0. The molecule has 1 unspecified atom stereocenters. The molecule has 0 aromatic carbocycles. The number of hydrogen-bond acceptors (Lipinski definition) is 4. The quantitative estimate of drug-likeness (QED) is 0.858. The van der Waals surface area contributed by atoms with Crippen molar-refractivity contribution in [3.8, 4) is 0 Å². The molecular weight excluding hydrogens is 228 g/mol. The van der Waals surface area contributed by atoms with Gasteiger partial charge in [-0.2, -0.15) is 0 Å². The number of Topliss-reactive ketones (excluding diaryl/α,β-unsaturated/α-hetero) is 1. The lowest BCUT2D eigenvalue weighted by Crippen LogP contribution is -2.21. The number of pyridine rings is 1. The zero-order valence-corrected chi connectivity index (χ0v) is 10.3. The predicted molar refractivity (Wildman–Crippen MR) is 70.1 cm³/mol. The fourth-order valence-electron chi connectivity index (χ4n) is 2.08. The predicted octanol–water partition coefficient (Wildman–Crippen LogP) is 2.82. The number of nitrogens with zero attached hydrogens (tertiary/aromatic N) is 1. The lowest BCUT2D eigenvalue weighted by molar-refractivity contribution is -0.116. The van der Waals surface area contributed by atoms with Crippen molar-refractivity contribution in [2.24, 2.45) is 5.92 Å². The first-order chi connectivity index (χ1) is 8.58. The summed E-state index contributed by atoms with van der Waals surface area (Å²) in [6.07, 6.45) is 2.61. The fraction of sp³-hybridized carbons (Fsp3) is 0.286. The molecule has 1 atom stereocenters. The lowest BCUT2D eigenvalue weighted by Gasteiger charge is -2.21. The molecule has 0 bridgehead atoms. The van der Waals surface area contributed by atoms with Gasteiger partial charge in [-0.25, -0.2) is 4.98 Å². The molecule has 4 nitrogen and oxygen atoms in total. The van der Waals surface area contributed by atoms with E-state index >= 15 is 0 Å². The number of carbonyl (C=O) groups is 1. The minimum atomic E-state index is -0.0697. The highest BCUT2D eigenvalue weighted by molar-refractivity contribution is 6.01. The van der Waals surface area contributed by atoms with Crippen LogP contribution in [0, 0.1) is 5.92 Å². The second-order valence-corrected chi connectivity index (χ2v) is 4.58. The van der Waals surface area contributed by atoms with Gasteiger partial charge in [0.2, 0.25) is 0 Å². The SMILES string of the molecule is C=C(Nc1ccccn1)C1=C(O)CC(C)CC1=O. The first-order valence-corrected chi connectivity index (χ1v) is 5.90. The topological polar surface area (TPSA) is 62.2 Å². The molecule has 0 saturated heterocycles. The molecule has 4 heteroatoms. The average molecular weight is 244 g/mol. The first kappa shape index (κ1) is 12.4. The van der Waals surface area contributed by atoms with Gasteiger partial charge in [0, 0.05) is 24.7 Å². The van der Waals surface area contributed by atoms with Gasteiger partial charge in [-0.15, -0.1) is 0 Å². The third-order valence-electron chi connectivity index (χ3n) is 2.89. The second kappa shape index (κ2) is 5.04. The van der Waals surface area contributed by atoms with Gasteiger partial charge < -0.3 is 10.4 Å². The van der Waals surface area contributed by atoms with Crippen LogP contribution in [-0.4, -0.2) is 15.9 Å². The maximum Gasteiger partial charge on any atom is 0.168 e. The van der Waals surface area contributed by atoms with E-state index in [-0.39, 0.29) is 17.5 Å². The minimum absolute atomic E-state index is 0.0697. The number of allylic oxidation sites excluding steroid dienone is 2. The number of anilines is 1. The molecule has 0 radical (unpaired) electrons. The summed E-state index contributed by atoms with van der Waals surface area (Å²) in [6, 6.07) is 5.42. The summed E-state index contributed by atoms with van der Waals surface area (Å²) >= 11 is 0. The Hall–Kier alpha value is -2.10. The van der Waals surface area contributed by atoms with Crippen molar-refractivity contribution in [2.45, 2.75) is 19.8 Å². The Morgan fingerprint density at radius 1 is 1.50 bits per heavy atom. The molecule has 1 aliphatic carbocycles. The maximum absolute atomic E-state index is 11.9. The van der Waals surface area contributed by atoms with Crippen molar-refractivity contribution in [2.75, 3.05) is 5.32 Å². The number of ketones is 1.